The number of aromatic nitrogens is 3. The number of carbonyl (C=O) groups is 1. The fourth-order valence-corrected chi connectivity index (χ4v) is 4.13. The molecule has 3 aromatic rings. The summed E-state index contributed by atoms with van der Waals surface area (Å²) < 4.78 is 1.55. The Morgan fingerprint density at radius 1 is 1.00 bits per heavy atom. The zero-order chi connectivity index (χ0) is 22.4. The van der Waals surface area contributed by atoms with Crippen LogP contribution in [0.1, 0.15) is 30.9 Å². The molecule has 0 radical (unpaired) electrons. The van der Waals surface area contributed by atoms with Crippen LogP contribution in [0.15, 0.2) is 59.8 Å². The summed E-state index contributed by atoms with van der Waals surface area (Å²) in [5, 5.41) is 30.0. The molecule has 11 heteroatoms. The van der Waals surface area contributed by atoms with Crippen LogP contribution in [0.4, 0.5) is 17.3 Å². The summed E-state index contributed by atoms with van der Waals surface area (Å²) >= 11 is 0. The summed E-state index contributed by atoms with van der Waals surface area (Å²) in [6.07, 6.45) is 1.76. The SMILES string of the molecule is O=C1CCCC2=C1C(c1cccc([N+](=O)[O-])c1)n1nc(-c3ccc([N+](=O)[O-])cc3)nc1N2. The number of fused-ring (bicyclic) bond motifs is 1. The Labute approximate surface area is 180 Å². The Hall–Kier alpha value is -4.41. The topological polar surface area (TPSA) is 146 Å². The van der Waals surface area contributed by atoms with Gasteiger partial charge in [0.05, 0.1) is 9.85 Å². The number of nitro benzene ring substituents is 2. The van der Waals surface area contributed by atoms with Gasteiger partial charge in [0.1, 0.15) is 6.04 Å². The molecule has 1 atom stereocenters. The van der Waals surface area contributed by atoms with E-state index in [2.05, 4.69) is 15.4 Å². The van der Waals surface area contributed by atoms with Crippen molar-refractivity contribution in [2.24, 2.45) is 0 Å². The van der Waals surface area contributed by atoms with Gasteiger partial charge in [-0.25, -0.2) is 4.68 Å². The van der Waals surface area contributed by atoms with E-state index in [1.165, 1.54) is 24.3 Å². The average molecular weight is 432 g/mol. The van der Waals surface area contributed by atoms with Gasteiger partial charge in [-0.1, -0.05) is 12.1 Å². The number of rotatable bonds is 4. The highest BCUT2D eigenvalue weighted by Gasteiger charge is 2.37. The van der Waals surface area contributed by atoms with Crippen LogP contribution >= 0.6 is 0 Å². The zero-order valence-electron chi connectivity index (χ0n) is 16.6. The Morgan fingerprint density at radius 2 is 1.75 bits per heavy atom. The minimum atomic E-state index is -0.659. The lowest BCUT2D eigenvalue weighted by molar-refractivity contribution is -0.385. The van der Waals surface area contributed by atoms with Gasteiger partial charge in [-0.2, -0.15) is 4.98 Å². The van der Waals surface area contributed by atoms with E-state index in [0.29, 0.717) is 47.7 Å². The highest BCUT2D eigenvalue weighted by molar-refractivity contribution is 5.99. The largest absolute Gasteiger partial charge is 0.328 e. The minimum Gasteiger partial charge on any atom is -0.328 e. The number of benzene rings is 2. The van der Waals surface area contributed by atoms with E-state index in [1.54, 1.807) is 28.9 Å². The van der Waals surface area contributed by atoms with Gasteiger partial charge >= 0.3 is 0 Å². The molecule has 2 aromatic carbocycles. The number of nitrogens with one attached hydrogen (secondary N) is 1. The van der Waals surface area contributed by atoms with E-state index in [1.807, 2.05) is 0 Å². The Bertz CT molecular complexity index is 1310. The molecule has 1 aromatic heterocycles. The average Bonchev–Trinajstić information content (AvgIpc) is 3.21. The number of anilines is 1. The van der Waals surface area contributed by atoms with Crippen LogP contribution in [0.5, 0.6) is 0 Å². The molecule has 0 saturated heterocycles. The molecule has 2 aliphatic rings. The maximum Gasteiger partial charge on any atom is 0.269 e. The predicted molar refractivity (Wildman–Crippen MR) is 113 cm³/mol. The molecule has 11 nitrogen and oxygen atoms in total. The minimum absolute atomic E-state index is 0.0340. The van der Waals surface area contributed by atoms with Gasteiger partial charge in [0.25, 0.3) is 11.4 Å². The zero-order valence-corrected chi connectivity index (χ0v) is 16.6. The fraction of sp³-hybridized carbons (Fsp3) is 0.190. The molecule has 1 aliphatic heterocycles. The summed E-state index contributed by atoms with van der Waals surface area (Å²) in [5.41, 5.74) is 2.28. The Morgan fingerprint density at radius 3 is 2.47 bits per heavy atom. The standard InChI is InChI=1S/C21H16N6O5/c28-17-6-2-5-16-18(17)19(13-3-1-4-15(11-13)27(31)32)25-21(22-16)23-20(24-25)12-7-9-14(10-8-12)26(29)30/h1,3-4,7-11,19H,2,5-6H2,(H,22,23,24). The summed E-state index contributed by atoms with van der Waals surface area (Å²) in [7, 11) is 0. The van der Waals surface area contributed by atoms with Crippen LogP contribution in [-0.2, 0) is 4.79 Å². The fourth-order valence-electron chi connectivity index (χ4n) is 4.13. The first kappa shape index (κ1) is 19.5. The number of hydrogen-bond donors (Lipinski definition) is 1. The monoisotopic (exact) mass is 432 g/mol. The van der Waals surface area contributed by atoms with Crippen molar-refractivity contribution >= 4 is 23.1 Å². The van der Waals surface area contributed by atoms with Crippen LogP contribution in [0.3, 0.4) is 0 Å². The predicted octanol–water partition coefficient (Wildman–Crippen LogP) is 3.78. The van der Waals surface area contributed by atoms with E-state index in [9.17, 15) is 25.0 Å². The second-order valence-electron chi connectivity index (χ2n) is 7.56. The Kier molecular flexibility index (Phi) is 4.51. The van der Waals surface area contributed by atoms with E-state index in [-0.39, 0.29) is 17.2 Å². The third-order valence-electron chi connectivity index (χ3n) is 5.60. The number of nitrogens with zero attached hydrogens (tertiary/aromatic N) is 5. The van der Waals surface area contributed by atoms with E-state index in [4.69, 9.17) is 0 Å². The number of nitro groups is 2. The van der Waals surface area contributed by atoms with Crippen molar-refractivity contribution in [3.63, 3.8) is 0 Å². The molecule has 0 saturated carbocycles. The molecule has 1 unspecified atom stereocenters. The maximum absolute atomic E-state index is 12.9. The van der Waals surface area contributed by atoms with Crippen molar-refractivity contribution in [1.29, 1.82) is 0 Å². The lowest BCUT2D eigenvalue weighted by atomic mass is 9.85. The smallest absolute Gasteiger partial charge is 0.269 e. The van der Waals surface area contributed by atoms with Gasteiger partial charge in [-0.3, -0.25) is 25.0 Å². The molecule has 32 heavy (non-hydrogen) atoms. The first-order valence-electron chi connectivity index (χ1n) is 9.91. The third kappa shape index (κ3) is 3.20. The van der Waals surface area contributed by atoms with Gasteiger partial charge in [-0.05, 0) is 30.5 Å². The molecular formula is C21H16N6O5. The number of hydrogen-bond acceptors (Lipinski definition) is 8. The van der Waals surface area contributed by atoms with Gasteiger partial charge in [0.15, 0.2) is 11.6 Å². The number of allylic oxidation sites excluding steroid dienone is 2. The molecule has 0 fully saturated rings. The van der Waals surface area contributed by atoms with Crippen LogP contribution < -0.4 is 5.32 Å². The normalized spacial score (nSPS) is 17.4. The summed E-state index contributed by atoms with van der Waals surface area (Å²) in [6, 6.07) is 11.3. The van der Waals surface area contributed by atoms with Crippen LogP contribution in [0.2, 0.25) is 0 Å². The van der Waals surface area contributed by atoms with E-state index in [0.717, 1.165) is 5.70 Å². The molecule has 1 N–H and O–H groups in total. The van der Waals surface area contributed by atoms with Crippen molar-refractivity contribution < 1.29 is 14.6 Å². The number of Topliss-reactive ketones (excluding diaryl/α,β-unsaturated/α-hetero) is 1. The van der Waals surface area contributed by atoms with Gasteiger partial charge in [-0.15, -0.1) is 5.10 Å². The molecule has 5 rings (SSSR count). The maximum atomic E-state index is 12.9. The van der Waals surface area contributed by atoms with Crippen LogP contribution in [0.25, 0.3) is 11.4 Å². The first-order valence-corrected chi connectivity index (χ1v) is 9.91. The molecule has 0 spiro atoms. The van der Waals surface area contributed by atoms with Crippen molar-refractivity contribution in [2.45, 2.75) is 25.3 Å². The van der Waals surface area contributed by atoms with E-state index < -0.39 is 15.9 Å². The van der Waals surface area contributed by atoms with Gasteiger partial charge in [0.2, 0.25) is 5.95 Å². The second-order valence-corrected chi connectivity index (χ2v) is 7.56. The summed E-state index contributed by atoms with van der Waals surface area (Å²) in [6.45, 7) is 0. The third-order valence-corrected chi connectivity index (χ3v) is 5.60. The van der Waals surface area contributed by atoms with Crippen LogP contribution in [0, 0.1) is 20.2 Å². The molecule has 2 heterocycles. The van der Waals surface area contributed by atoms with Gasteiger partial charge < -0.3 is 5.32 Å². The number of non-ortho nitro benzene ring substituents is 2. The lowest BCUT2D eigenvalue weighted by Crippen LogP contribution is -2.31. The van der Waals surface area contributed by atoms with Gasteiger partial charge in [0, 0.05) is 47.5 Å². The second kappa shape index (κ2) is 7.38. The summed E-state index contributed by atoms with van der Waals surface area (Å²) in [4.78, 5) is 38.7. The van der Waals surface area contributed by atoms with E-state index >= 15 is 0 Å². The quantitative estimate of drug-likeness (QED) is 0.484. The Balaban J connectivity index is 1.64. The van der Waals surface area contributed by atoms with Crippen molar-refractivity contribution in [2.75, 3.05) is 5.32 Å². The highest BCUT2D eigenvalue weighted by Crippen LogP contribution is 2.41. The lowest BCUT2D eigenvalue weighted by Gasteiger charge is -2.32. The molecule has 1 aliphatic carbocycles. The summed E-state index contributed by atoms with van der Waals surface area (Å²) in [5.74, 6) is 0.696. The van der Waals surface area contributed by atoms with Crippen molar-refractivity contribution in [3.05, 3.63) is 85.6 Å². The molecule has 0 amide bonds. The molecule has 0 bridgehead atoms. The van der Waals surface area contributed by atoms with Crippen molar-refractivity contribution in [3.8, 4) is 11.4 Å². The highest BCUT2D eigenvalue weighted by atomic mass is 16.6. The van der Waals surface area contributed by atoms with Crippen LogP contribution in [-0.4, -0.2) is 30.4 Å². The first-order chi connectivity index (χ1) is 15.4. The van der Waals surface area contributed by atoms with Crippen molar-refractivity contribution in [1.82, 2.24) is 14.8 Å². The number of carbonyl (C=O) groups excluding carboxylic acids is 1. The molecule has 160 valence electrons. The molecular weight excluding hydrogens is 416 g/mol. The number of ketones is 1.